The van der Waals surface area contributed by atoms with Crippen molar-refractivity contribution in [3.63, 3.8) is 0 Å². The molecule has 1 unspecified atom stereocenters. The number of methoxy groups -OCH3 is 1. The lowest BCUT2D eigenvalue weighted by Crippen LogP contribution is -2.57. The lowest BCUT2D eigenvalue weighted by atomic mass is 10.0. The second-order valence-electron chi connectivity index (χ2n) is 9.27. The molecule has 190 valence electrons. The van der Waals surface area contributed by atoms with Crippen LogP contribution in [0.5, 0.6) is 5.88 Å². The third-order valence-electron chi connectivity index (χ3n) is 7.03. The summed E-state index contributed by atoms with van der Waals surface area (Å²) >= 11 is 0. The Kier molecular flexibility index (Phi) is 6.13. The van der Waals surface area contributed by atoms with E-state index < -0.39 is 12.8 Å². The molecule has 5 heterocycles. The van der Waals surface area contributed by atoms with Crippen molar-refractivity contribution in [3.8, 4) is 17.0 Å². The summed E-state index contributed by atoms with van der Waals surface area (Å²) in [4.78, 5) is 6.72. The van der Waals surface area contributed by atoms with Gasteiger partial charge in [-0.05, 0) is 36.6 Å². The van der Waals surface area contributed by atoms with E-state index in [0.29, 0.717) is 62.5 Å². The van der Waals surface area contributed by atoms with Gasteiger partial charge < -0.3 is 14.8 Å². The SMILES string of the molecule is COc1nc(NC2CCN(C3COC3)C[C@H]2F)nn2ccc(-c3ccc4nnn(CCCF)c4c3)c12. The molecule has 2 aliphatic rings. The Morgan fingerprint density at radius 3 is 2.89 bits per heavy atom. The van der Waals surface area contributed by atoms with E-state index in [0.717, 1.165) is 28.7 Å². The lowest BCUT2D eigenvalue weighted by Gasteiger charge is -2.42. The molecule has 1 aromatic carbocycles. The number of piperidine rings is 1. The van der Waals surface area contributed by atoms with Crippen LogP contribution in [-0.4, -0.2) is 92.8 Å². The zero-order valence-electron chi connectivity index (χ0n) is 20.0. The fraction of sp³-hybridized carbons (Fsp3) is 0.500. The third kappa shape index (κ3) is 4.13. The first-order valence-corrected chi connectivity index (χ1v) is 12.2. The predicted molar refractivity (Wildman–Crippen MR) is 130 cm³/mol. The molecule has 0 saturated carbocycles. The van der Waals surface area contributed by atoms with Gasteiger partial charge in [0.25, 0.3) is 0 Å². The number of aromatic nitrogens is 6. The molecule has 6 rings (SSSR count). The molecule has 0 radical (unpaired) electrons. The van der Waals surface area contributed by atoms with Crippen LogP contribution in [0.4, 0.5) is 14.7 Å². The Morgan fingerprint density at radius 1 is 1.25 bits per heavy atom. The van der Waals surface area contributed by atoms with E-state index in [9.17, 15) is 8.78 Å². The summed E-state index contributed by atoms with van der Waals surface area (Å²) < 4.78 is 41.9. The van der Waals surface area contributed by atoms with E-state index >= 15 is 0 Å². The average Bonchev–Trinajstić information content (AvgIpc) is 3.46. The molecule has 0 amide bonds. The summed E-state index contributed by atoms with van der Waals surface area (Å²) in [6, 6.07) is 7.70. The molecule has 1 N–H and O–H groups in total. The van der Waals surface area contributed by atoms with E-state index in [-0.39, 0.29) is 6.04 Å². The molecule has 10 nitrogen and oxygen atoms in total. The minimum Gasteiger partial charge on any atom is -0.479 e. The Hall–Kier alpha value is -3.38. The molecule has 0 spiro atoms. The van der Waals surface area contributed by atoms with Gasteiger partial charge in [0, 0.05) is 31.4 Å². The van der Waals surface area contributed by atoms with Crippen LogP contribution < -0.4 is 10.1 Å². The zero-order valence-corrected chi connectivity index (χ0v) is 20.0. The fourth-order valence-electron chi connectivity index (χ4n) is 4.96. The molecule has 3 aromatic heterocycles. The molecule has 0 aliphatic carbocycles. The highest BCUT2D eigenvalue weighted by Crippen LogP contribution is 2.33. The normalized spacial score (nSPS) is 21.2. The molecule has 36 heavy (non-hydrogen) atoms. The molecule has 2 saturated heterocycles. The molecule has 2 aliphatic heterocycles. The first-order chi connectivity index (χ1) is 17.6. The maximum atomic E-state index is 15.0. The monoisotopic (exact) mass is 498 g/mol. The fourth-order valence-corrected chi connectivity index (χ4v) is 4.96. The number of likely N-dealkylation sites (tertiary alicyclic amines) is 1. The van der Waals surface area contributed by atoms with Gasteiger partial charge in [-0.3, -0.25) is 9.29 Å². The molecule has 0 bridgehead atoms. The molecular weight excluding hydrogens is 470 g/mol. The third-order valence-corrected chi connectivity index (χ3v) is 7.03. The van der Waals surface area contributed by atoms with Gasteiger partial charge in [0.2, 0.25) is 11.8 Å². The van der Waals surface area contributed by atoms with Crippen molar-refractivity contribution in [3.05, 3.63) is 30.5 Å². The number of aryl methyl sites for hydroxylation is 1. The number of anilines is 1. The van der Waals surface area contributed by atoms with Crippen molar-refractivity contribution in [2.75, 3.05) is 45.4 Å². The highest BCUT2D eigenvalue weighted by Gasteiger charge is 2.35. The van der Waals surface area contributed by atoms with Gasteiger partial charge in [-0.2, -0.15) is 4.98 Å². The van der Waals surface area contributed by atoms with E-state index in [2.05, 4.69) is 30.6 Å². The van der Waals surface area contributed by atoms with Gasteiger partial charge >= 0.3 is 0 Å². The van der Waals surface area contributed by atoms with Gasteiger partial charge in [0.15, 0.2) is 0 Å². The van der Waals surface area contributed by atoms with Crippen molar-refractivity contribution in [1.29, 1.82) is 0 Å². The lowest BCUT2D eigenvalue weighted by molar-refractivity contribution is -0.0794. The Morgan fingerprint density at radius 2 is 2.14 bits per heavy atom. The number of nitrogens with zero attached hydrogens (tertiary/aromatic N) is 7. The Bertz CT molecular complexity index is 1370. The van der Waals surface area contributed by atoms with Crippen LogP contribution in [-0.2, 0) is 11.3 Å². The number of benzene rings is 1. The van der Waals surface area contributed by atoms with Crippen molar-refractivity contribution in [1.82, 2.24) is 34.5 Å². The standard InChI is InChI=1S/C24H28F2N8O2/c1-35-23-22-17(15-3-4-20-21(11-15)33(31-29-20)8-2-7-25)5-10-34(22)30-24(28-23)27-19-6-9-32(12-18(19)26)16-13-36-14-16/h3-5,10-11,16,18-19H,2,6-9,12-14H2,1H3,(H,27,30)/t18-,19?/m1/s1. The largest absolute Gasteiger partial charge is 0.479 e. The second kappa shape index (κ2) is 9.58. The average molecular weight is 499 g/mol. The van der Waals surface area contributed by atoms with Crippen molar-refractivity contribution >= 4 is 22.5 Å². The molecule has 2 atom stereocenters. The molecule has 2 fully saturated rings. The van der Waals surface area contributed by atoms with E-state index in [1.165, 1.54) is 0 Å². The number of rotatable bonds is 8. The number of hydrogen-bond donors (Lipinski definition) is 1. The van der Waals surface area contributed by atoms with Gasteiger partial charge in [0.1, 0.15) is 17.2 Å². The minimum absolute atomic E-state index is 0.318. The number of alkyl halides is 2. The number of ether oxygens (including phenoxy) is 2. The maximum absolute atomic E-state index is 15.0. The summed E-state index contributed by atoms with van der Waals surface area (Å²) in [6.07, 6.45) is 1.83. The van der Waals surface area contributed by atoms with E-state index in [1.54, 1.807) is 16.3 Å². The summed E-state index contributed by atoms with van der Waals surface area (Å²) in [5.41, 5.74) is 4.05. The van der Waals surface area contributed by atoms with Crippen molar-refractivity contribution in [2.45, 2.75) is 37.6 Å². The minimum atomic E-state index is -1.03. The topological polar surface area (TPSA) is 94.6 Å². The summed E-state index contributed by atoms with van der Waals surface area (Å²) in [5, 5.41) is 16.1. The number of halogens is 2. The van der Waals surface area contributed by atoms with Crippen LogP contribution in [0.3, 0.4) is 0 Å². The van der Waals surface area contributed by atoms with Crippen LogP contribution in [0.15, 0.2) is 30.5 Å². The summed E-state index contributed by atoms with van der Waals surface area (Å²) in [7, 11) is 1.55. The van der Waals surface area contributed by atoms with Crippen LogP contribution >= 0.6 is 0 Å². The molecular formula is C24H28F2N8O2. The quantitative estimate of drug-likeness (QED) is 0.396. The van der Waals surface area contributed by atoms with Crippen LogP contribution in [0.1, 0.15) is 12.8 Å². The summed E-state index contributed by atoms with van der Waals surface area (Å²) in [5.74, 6) is 0.703. The Labute approximate surface area is 206 Å². The molecule has 12 heteroatoms. The zero-order chi connectivity index (χ0) is 24.6. The highest BCUT2D eigenvalue weighted by molar-refractivity contribution is 5.89. The first-order valence-electron chi connectivity index (χ1n) is 12.2. The number of hydrogen-bond acceptors (Lipinski definition) is 8. The Balaban J connectivity index is 1.27. The maximum Gasteiger partial charge on any atom is 0.244 e. The smallest absolute Gasteiger partial charge is 0.244 e. The van der Waals surface area contributed by atoms with Crippen LogP contribution in [0, 0.1) is 0 Å². The van der Waals surface area contributed by atoms with Crippen LogP contribution in [0.25, 0.3) is 27.7 Å². The van der Waals surface area contributed by atoms with Gasteiger partial charge in [-0.15, -0.1) is 10.2 Å². The van der Waals surface area contributed by atoms with Crippen LogP contribution in [0.2, 0.25) is 0 Å². The first kappa shape index (κ1) is 23.0. The van der Waals surface area contributed by atoms with Gasteiger partial charge in [0.05, 0.1) is 44.6 Å². The number of nitrogens with one attached hydrogen (secondary N) is 1. The van der Waals surface area contributed by atoms with Crippen molar-refractivity contribution < 1.29 is 18.3 Å². The molecule has 4 aromatic rings. The van der Waals surface area contributed by atoms with E-state index in [4.69, 9.17) is 9.47 Å². The highest BCUT2D eigenvalue weighted by atomic mass is 19.1. The van der Waals surface area contributed by atoms with Crippen molar-refractivity contribution in [2.24, 2.45) is 0 Å². The van der Waals surface area contributed by atoms with Gasteiger partial charge in [-0.25, -0.2) is 13.6 Å². The summed E-state index contributed by atoms with van der Waals surface area (Å²) in [6.45, 7) is 2.59. The second-order valence-corrected chi connectivity index (χ2v) is 9.27. The van der Waals surface area contributed by atoms with Gasteiger partial charge in [-0.1, -0.05) is 11.3 Å². The number of fused-ring (bicyclic) bond motifs is 2. The van der Waals surface area contributed by atoms with E-state index in [1.807, 2.05) is 30.5 Å². The predicted octanol–water partition coefficient (Wildman–Crippen LogP) is 2.73.